The Morgan fingerprint density at radius 2 is 1.66 bits per heavy atom. The maximum absolute atomic E-state index is 12.7. The molecule has 1 heterocycles. The van der Waals surface area contributed by atoms with Gasteiger partial charge < -0.3 is 14.2 Å². The standard InChI is InChI=1S/C26H20ClNO6S/c1-32-19-12-8-18(9-13-19)25(30)34-20-10-6-17(7-11-20)16-23-24(29)28(26(31)35-23)14-15-33-22-5-3-2-4-21(22)27/h2-13,16H,14-15H2,1H3/b23-16-. The van der Waals surface area contributed by atoms with Gasteiger partial charge in [-0.3, -0.25) is 14.5 Å². The highest BCUT2D eigenvalue weighted by atomic mass is 35.5. The molecule has 1 aliphatic rings. The van der Waals surface area contributed by atoms with Crippen LogP contribution in [0.4, 0.5) is 4.79 Å². The van der Waals surface area contributed by atoms with E-state index >= 15 is 0 Å². The Morgan fingerprint density at radius 3 is 2.34 bits per heavy atom. The van der Waals surface area contributed by atoms with E-state index in [4.69, 9.17) is 25.8 Å². The summed E-state index contributed by atoms with van der Waals surface area (Å²) in [6, 6.07) is 20.2. The van der Waals surface area contributed by atoms with Gasteiger partial charge in [-0.15, -0.1) is 0 Å². The Kier molecular flexibility index (Phi) is 7.74. The second kappa shape index (κ2) is 11.1. The number of ether oxygens (including phenoxy) is 3. The number of thioether (sulfide) groups is 1. The molecule has 4 rings (SSSR count). The molecule has 9 heteroatoms. The van der Waals surface area contributed by atoms with Crippen molar-refractivity contribution in [2.45, 2.75) is 0 Å². The van der Waals surface area contributed by atoms with Crippen LogP contribution < -0.4 is 14.2 Å². The summed E-state index contributed by atoms with van der Waals surface area (Å²) in [5.74, 6) is 0.596. The zero-order valence-corrected chi connectivity index (χ0v) is 20.2. The van der Waals surface area contributed by atoms with Crippen LogP contribution in [0.1, 0.15) is 15.9 Å². The van der Waals surface area contributed by atoms with Crippen molar-refractivity contribution in [3.63, 3.8) is 0 Å². The number of imide groups is 1. The minimum Gasteiger partial charge on any atom is -0.497 e. The van der Waals surface area contributed by atoms with Gasteiger partial charge in [0.2, 0.25) is 0 Å². The van der Waals surface area contributed by atoms with E-state index < -0.39 is 11.9 Å². The minimum atomic E-state index is -0.500. The van der Waals surface area contributed by atoms with Crippen molar-refractivity contribution in [2.24, 2.45) is 0 Å². The molecule has 1 fully saturated rings. The van der Waals surface area contributed by atoms with Gasteiger partial charge in [0.1, 0.15) is 23.9 Å². The molecule has 0 saturated carbocycles. The fourth-order valence-electron chi connectivity index (χ4n) is 3.18. The van der Waals surface area contributed by atoms with E-state index in [-0.39, 0.29) is 18.4 Å². The molecule has 0 N–H and O–H groups in total. The average molecular weight is 510 g/mol. The van der Waals surface area contributed by atoms with Crippen molar-refractivity contribution in [3.05, 3.63) is 93.9 Å². The fraction of sp³-hybridized carbons (Fsp3) is 0.115. The molecule has 35 heavy (non-hydrogen) atoms. The highest BCUT2D eigenvalue weighted by molar-refractivity contribution is 8.18. The van der Waals surface area contributed by atoms with Gasteiger partial charge in [0.05, 0.1) is 29.1 Å². The largest absolute Gasteiger partial charge is 0.497 e. The minimum absolute atomic E-state index is 0.105. The number of esters is 1. The molecular weight excluding hydrogens is 490 g/mol. The van der Waals surface area contributed by atoms with E-state index in [2.05, 4.69) is 0 Å². The predicted octanol–water partition coefficient (Wildman–Crippen LogP) is 5.68. The fourth-order valence-corrected chi connectivity index (χ4v) is 4.23. The lowest BCUT2D eigenvalue weighted by molar-refractivity contribution is -0.123. The normalized spacial score (nSPS) is 14.3. The molecule has 0 radical (unpaired) electrons. The first-order valence-corrected chi connectivity index (χ1v) is 11.7. The Morgan fingerprint density at radius 1 is 0.971 bits per heavy atom. The number of halogens is 1. The molecule has 0 aliphatic carbocycles. The molecule has 1 aliphatic heterocycles. The number of amides is 2. The van der Waals surface area contributed by atoms with Gasteiger partial charge in [-0.2, -0.15) is 0 Å². The first-order valence-electron chi connectivity index (χ1n) is 10.5. The summed E-state index contributed by atoms with van der Waals surface area (Å²) in [6.07, 6.45) is 1.62. The van der Waals surface area contributed by atoms with Crippen molar-refractivity contribution >= 4 is 46.6 Å². The van der Waals surface area contributed by atoms with Crippen molar-refractivity contribution in [2.75, 3.05) is 20.3 Å². The topological polar surface area (TPSA) is 82.1 Å². The number of methoxy groups -OCH3 is 1. The van der Waals surface area contributed by atoms with Crippen LogP contribution in [-0.4, -0.2) is 42.3 Å². The van der Waals surface area contributed by atoms with Crippen LogP contribution in [0.2, 0.25) is 5.02 Å². The number of hydrogen-bond acceptors (Lipinski definition) is 7. The smallest absolute Gasteiger partial charge is 0.343 e. The molecule has 2 amide bonds. The van der Waals surface area contributed by atoms with Gasteiger partial charge in [0, 0.05) is 0 Å². The maximum Gasteiger partial charge on any atom is 0.343 e. The van der Waals surface area contributed by atoms with Gasteiger partial charge in [0.15, 0.2) is 0 Å². The van der Waals surface area contributed by atoms with Crippen LogP contribution in [0.25, 0.3) is 6.08 Å². The van der Waals surface area contributed by atoms with Gasteiger partial charge in [-0.05, 0) is 71.9 Å². The summed E-state index contributed by atoms with van der Waals surface area (Å²) in [6.45, 7) is 0.233. The van der Waals surface area contributed by atoms with E-state index in [9.17, 15) is 14.4 Å². The SMILES string of the molecule is COc1ccc(C(=O)Oc2ccc(/C=C3\SC(=O)N(CCOc4ccccc4Cl)C3=O)cc2)cc1. The lowest BCUT2D eigenvalue weighted by Gasteiger charge is -2.13. The average Bonchev–Trinajstić information content (AvgIpc) is 3.13. The van der Waals surface area contributed by atoms with Crippen LogP contribution in [0.3, 0.4) is 0 Å². The highest BCUT2D eigenvalue weighted by Crippen LogP contribution is 2.32. The number of benzene rings is 3. The third kappa shape index (κ3) is 6.03. The van der Waals surface area contributed by atoms with Gasteiger partial charge in [-0.1, -0.05) is 35.9 Å². The summed E-state index contributed by atoms with van der Waals surface area (Å²) in [7, 11) is 1.55. The molecule has 1 saturated heterocycles. The summed E-state index contributed by atoms with van der Waals surface area (Å²) < 4.78 is 16.0. The number of nitrogens with zero attached hydrogens (tertiary/aromatic N) is 1. The van der Waals surface area contributed by atoms with Crippen LogP contribution in [0.5, 0.6) is 17.2 Å². The second-order valence-corrected chi connectivity index (χ2v) is 8.70. The lowest BCUT2D eigenvalue weighted by atomic mass is 10.2. The molecule has 0 spiro atoms. The summed E-state index contributed by atoms with van der Waals surface area (Å²) >= 11 is 6.92. The Bertz CT molecular complexity index is 1270. The van der Waals surface area contributed by atoms with Crippen molar-refractivity contribution in [3.8, 4) is 17.2 Å². The molecule has 0 bridgehead atoms. The summed E-state index contributed by atoms with van der Waals surface area (Å²) in [4.78, 5) is 38.8. The number of hydrogen-bond donors (Lipinski definition) is 0. The van der Waals surface area contributed by atoms with Crippen molar-refractivity contribution < 1.29 is 28.6 Å². The van der Waals surface area contributed by atoms with Crippen LogP contribution >= 0.6 is 23.4 Å². The summed E-state index contributed by atoms with van der Waals surface area (Å²) in [5.41, 5.74) is 1.08. The Labute approximate surface area is 211 Å². The first-order chi connectivity index (χ1) is 16.9. The second-order valence-electron chi connectivity index (χ2n) is 7.30. The van der Waals surface area contributed by atoms with Gasteiger partial charge in [-0.25, -0.2) is 4.79 Å². The highest BCUT2D eigenvalue weighted by Gasteiger charge is 2.34. The summed E-state index contributed by atoms with van der Waals surface area (Å²) in [5, 5.41) is 0.0914. The molecule has 3 aromatic carbocycles. The van der Waals surface area contributed by atoms with E-state index in [0.717, 1.165) is 16.7 Å². The molecular formula is C26H20ClNO6S. The van der Waals surface area contributed by atoms with E-state index in [1.165, 1.54) is 0 Å². The Balaban J connectivity index is 1.34. The zero-order chi connectivity index (χ0) is 24.8. The lowest BCUT2D eigenvalue weighted by Crippen LogP contribution is -2.32. The first kappa shape index (κ1) is 24.4. The quantitative estimate of drug-likeness (QED) is 0.219. The molecule has 7 nitrogen and oxygen atoms in total. The van der Waals surface area contributed by atoms with E-state index in [1.807, 2.05) is 0 Å². The monoisotopic (exact) mass is 509 g/mol. The number of para-hydroxylation sites is 1. The van der Waals surface area contributed by atoms with Crippen molar-refractivity contribution in [1.29, 1.82) is 0 Å². The van der Waals surface area contributed by atoms with E-state index in [1.54, 1.807) is 86.0 Å². The van der Waals surface area contributed by atoms with Gasteiger partial charge in [0.25, 0.3) is 11.1 Å². The van der Waals surface area contributed by atoms with Crippen molar-refractivity contribution in [1.82, 2.24) is 4.90 Å². The van der Waals surface area contributed by atoms with E-state index in [0.29, 0.717) is 38.3 Å². The van der Waals surface area contributed by atoms with Crippen LogP contribution in [-0.2, 0) is 4.79 Å². The number of carbonyl (C=O) groups is 3. The predicted molar refractivity (Wildman–Crippen MR) is 134 cm³/mol. The van der Waals surface area contributed by atoms with Gasteiger partial charge >= 0.3 is 5.97 Å². The zero-order valence-electron chi connectivity index (χ0n) is 18.6. The molecule has 0 aromatic heterocycles. The third-order valence-corrected chi connectivity index (χ3v) is 6.22. The maximum atomic E-state index is 12.7. The molecule has 3 aromatic rings. The Hall–Kier alpha value is -3.75. The number of rotatable bonds is 8. The molecule has 0 atom stereocenters. The molecule has 178 valence electrons. The van der Waals surface area contributed by atoms with Crippen LogP contribution in [0.15, 0.2) is 77.7 Å². The number of carbonyl (C=O) groups excluding carboxylic acids is 3. The third-order valence-electron chi connectivity index (χ3n) is 5.00. The van der Waals surface area contributed by atoms with Crippen LogP contribution in [0, 0.1) is 0 Å². The molecule has 0 unspecified atom stereocenters.